The summed E-state index contributed by atoms with van der Waals surface area (Å²) in [5.41, 5.74) is 0. The Morgan fingerprint density at radius 2 is 2.20 bits per heavy atom. The van der Waals surface area contributed by atoms with Crippen molar-refractivity contribution in [2.75, 3.05) is 26.3 Å². The van der Waals surface area contributed by atoms with Gasteiger partial charge in [0, 0.05) is 12.7 Å². The fourth-order valence-corrected chi connectivity index (χ4v) is 1.15. The summed E-state index contributed by atoms with van der Waals surface area (Å²) < 4.78 is 10.9. The van der Waals surface area contributed by atoms with E-state index in [0.717, 1.165) is 13.1 Å². The van der Waals surface area contributed by atoms with Gasteiger partial charge in [-0.25, -0.2) is 4.98 Å². The van der Waals surface area contributed by atoms with E-state index in [9.17, 15) is 0 Å². The number of nitrogens with one attached hydrogen (secondary N) is 1. The van der Waals surface area contributed by atoms with Gasteiger partial charge in [0.1, 0.15) is 6.61 Å². The molecule has 1 aromatic rings. The van der Waals surface area contributed by atoms with Crippen LogP contribution < -0.4 is 14.8 Å². The van der Waals surface area contributed by atoms with Gasteiger partial charge in [-0.15, -0.1) is 0 Å². The van der Waals surface area contributed by atoms with Crippen molar-refractivity contribution in [2.45, 2.75) is 13.8 Å². The van der Waals surface area contributed by atoms with Crippen molar-refractivity contribution in [1.29, 1.82) is 0 Å². The van der Waals surface area contributed by atoms with Crippen LogP contribution in [0.1, 0.15) is 13.8 Å². The average molecular weight is 210 g/mol. The van der Waals surface area contributed by atoms with E-state index in [-0.39, 0.29) is 0 Å². The van der Waals surface area contributed by atoms with E-state index in [1.807, 2.05) is 19.1 Å². The predicted molar refractivity (Wildman–Crippen MR) is 59.4 cm³/mol. The minimum atomic E-state index is 0.567. The summed E-state index contributed by atoms with van der Waals surface area (Å²) in [5.74, 6) is 1.27. The van der Waals surface area contributed by atoms with Gasteiger partial charge in [0.25, 0.3) is 5.88 Å². The van der Waals surface area contributed by atoms with Crippen LogP contribution in [0.4, 0.5) is 0 Å². The molecule has 0 aliphatic rings. The van der Waals surface area contributed by atoms with Crippen molar-refractivity contribution in [3.63, 3.8) is 0 Å². The van der Waals surface area contributed by atoms with Crippen LogP contribution in [0.25, 0.3) is 0 Å². The number of likely N-dealkylation sites (N-methyl/N-ethyl adjacent to an activating group) is 1. The minimum absolute atomic E-state index is 0.567. The number of hydrogen-bond donors (Lipinski definition) is 1. The van der Waals surface area contributed by atoms with E-state index in [1.54, 1.807) is 6.20 Å². The van der Waals surface area contributed by atoms with E-state index >= 15 is 0 Å². The molecule has 0 amide bonds. The lowest BCUT2D eigenvalue weighted by molar-refractivity contribution is 0.266. The molecule has 84 valence electrons. The van der Waals surface area contributed by atoms with E-state index in [2.05, 4.69) is 17.2 Å². The van der Waals surface area contributed by atoms with E-state index in [0.29, 0.717) is 24.8 Å². The monoisotopic (exact) mass is 210 g/mol. The van der Waals surface area contributed by atoms with E-state index in [4.69, 9.17) is 9.47 Å². The maximum Gasteiger partial charge on any atom is 0.257 e. The lowest BCUT2D eigenvalue weighted by Gasteiger charge is -2.10. The summed E-state index contributed by atoms with van der Waals surface area (Å²) in [6, 6.07) is 3.70. The Morgan fingerprint density at radius 3 is 2.93 bits per heavy atom. The van der Waals surface area contributed by atoms with Crippen molar-refractivity contribution in [1.82, 2.24) is 10.3 Å². The molecule has 4 heteroatoms. The summed E-state index contributed by atoms with van der Waals surface area (Å²) in [4.78, 5) is 4.12. The van der Waals surface area contributed by atoms with Crippen LogP contribution in [0.15, 0.2) is 18.3 Å². The number of pyridine rings is 1. The molecule has 0 aromatic carbocycles. The highest BCUT2D eigenvalue weighted by Gasteiger charge is 2.04. The summed E-state index contributed by atoms with van der Waals surface area (Å²) in [6.07, 6.45) is 1.70. The highest BCUT2D eigenvalue weighted by atomic mass is 16.5. The Bertz CT molecular complexity index is 279. The molecule has 0 bridgehead atoms. The third kappa shape index (κ3) is 4.16. The zero-order valence-corrected chi connectivity index (χ0v) is 9.32. The van der Waals surface area contributed by atoms with Gasteiger partial charge >= 0.3 is 0 Å². The Balaban J connectivity index is 2.44. The second-order valence-corrected chi connectivity index (χ2v) is 2.94. The molecule has 0 aliphatic heterocycles. The molecule has 1 N–H and O–H groups in total. The maximum absolute atomic E-state index is 5.49. The van der Waals surface area contributed by atoms with Gasteiger partial charge in [0.15, 0.2) is 5.75 Å². The quantitative estimate of drug-likeness (QED) is 0.692. The molecule has 15 heavy (non-hydrogen) atoms. The van der Waals surface area contributed by atoms with Crippen molar-refractivity contribution < 1.29 is 9.47 Å². The average Bonchev–Trinajstić information content (AvgIpc) is 2.27. The van der Waals surface area contributed by atoms with Gasteiger partial charge < -0.3 is 14.8 Å². The van der Waals surface area contributed by atoms with Gasteiger partial charge in [0.05, 0.1) is 6.61 Å². The molecule has 0 fully saturated rings. The molecule has 0 saturated heterocycles. The largest absolute Gasteiger partial charge is 0.488 e. The fourth-order valence-electron chi connectivity index (χ4n) is 1.15. The van der Waals surface area contributed by atoms with Crippen LogP contribution in [-0.2, 0) is 0 Å². The van der Waals surface area contributed by atoms with Gasteiger partial charge in [-0.1, -0.05) is 6.92 Å². The first-order valence-corrected chi connectivity index (χ1v) is 5.29. The van der Waals surface area contributed by atoms with Crippen LogP contribution in [-0.4, -0.2) is 31.3 Å². The SMILES string of the molecule is CCNCCOc1ncccc1OCC. The van der Waals surface area contributed by atoms with E-state index < -0.39 is 0 Å². The van der Waals surface area contributed by atoms with Crippen LogP contribution in [0.3, 0.4) is 0 Å². The zero-order chi connectivity index (χ0) is 10.9. The highest BCUT2D eigenvalue weighted by molar-refractivity contribution is 5.32. The Labute approximate surface area is 90.6 Å². The Hall–Kier alpha value is -1.29. The molecule has 4 nitrogen and oxygen atoms in total. The summed E-state index contributed by atoms with van der Waals surface area (Å²) >= 11 is 0. The van der Waals surface area contributed by atoms with Crippen molar-refractivity contribution >= 4 is 0 Å². The second-order valence-electron chi connectivity index (χ2n) is 2.94. The zero-order valence-electron chi connectivity index (χ0n) is 9.32. The smallest absolute Gasteiger partial charge is 0.257 e. The van der Waals surface area contributed by atoms with Gasteiger partial charge in [0.2, 0.25) is 0 Å². The molecule has 1 rings (SSSR count). The van der Waals surface area contributed by atoms with E-state index in [1.165, 1.54) is 0 Å². The normalized spacial score (nSPS) is 10.0. The first-order valence-electron chi connectivity index (χ1n) is 5.29. The third-order valence-corrected chi connectivity index (χ3v) is 1.80. The number of ether oxygens (including phenoxy) is 2. The lowest BCUT2D eigenvalue weighted by Crippen LogP contribution is -2.20. The standard InChI is InChI=1S/C11H18N2O2/c1-3-12-8-9-15-11-10(14-4-2)6-5-7-13-11/h5-7,12H,3-4,8-9H2,1-2H3. The summed E-state index contributed by atoms with van der Waals surface area (Å²) in [5, 5.41) is 3.18. The summed E-state index contributed by atoms with van der Waals surface area (Å²) in [7, 11) is 0. The molecular formula is C11H18N2O2. The minimum Gasteiger partial charge on any atom is -0.488 e. The van der Waals surface area contributed by atoms with Crippen LogP contribution in [0.5, 0.6) is 11.6 Å². The van der Waals surface area contributed by atoms with Crippen LogP contribution >= 0.6 is 0 Å². The third-order valence-electron chi connectivity index (χ3n) is 1.80. The van der Waals surface area contributed by atoms with Gasteiger partial charge in [-0.05, 0) is 25.6 Å². The number of rotatable bonds is 7. The molecule has 0 aliphatic carbocycles. The number of nitrogens with zero attached hydrogens (tertiary/aromatic N) is 1. The highest BCUT2D eigenvalue weighted by Crippen LogP contribution is 2.22. The lowest BCUT2D eigenvalue weighted by atomic mass is 10.4. The van der Waals surface area contributed by atoms with Crippen molar-refractivity contribution in [3.05, 3.63) is 18.3 Å². The van der Waals surface area contributed by atoms with Gasteiger partial charge in [-0.3, -0.25) is 0 Å². The Morgan fingerprint density at radius 1 is 1.33 bits per heavy atom. The number of aromatic nitrogens is 1. The Kier molecular flexibility index (Phi) is 5.55. The second kappa shape index (κ2) is 7.06. The molecule has 1 aromatic heterocycles. The maximum atomic E-state index is 5.49. The van der Waals surface area contributed by atoms with Crippen LogP contribution in [0, 0.1) is 0 Å². The van der Waals surface area contributed by atoms with Crippen LogP contribution in [0.2, 0.25) is 0 Å². The molecular weight excluding hydrogens is 192 g/mol. The van der Waals surface area contributed by atoms with Gasteiger partial charge in [-0.2, -0.15) is 0 Å². The van der Waals surface area contributed by atoms with Crippen molar-refractivity contribution in [3.8, 4) is 11.6 Å². The topological polar surface area (TPSA) is 43.4 Å². The molecule has 0 spiro atoms. The number of hydrogen-bond acceptors (Lipinski definition) is 4. The predicted octanol–water partition coefficient (Wildman–Crippen LogP) is 1.47. The van der Waals surface area contributed by atoms with Crippen molar-refractivity contribution in [2.24, 2.45) is 0 Å². The first-order chi connectivity index (χ1) is 7.38. The molecule has 1 heterocycles. The molecule has 0 atom stereocenters. The fraction of sp³-hybridized carbons (Fsp3) is 0.545. The summed E-state index contributed by atoms with van der Waals surface area (Å²) in [6.45, 7) is 6.99. The first kappa shape index (κ1) is 11.8. The molecule has 0 saturated carbocycles. The molecule has 0 radical (unpaired) electrons. The molecule has 0 unspecified atom stereocenters.